The second kappa shape index (κ2) is 5.31. The van der Waals surface area contributed by atoms with Gasteiger partial charge < -0.3 is 5.11 Å². The fraction of sp³-hybridized carbons (Fsp3) is 0.429. The number of benzene rings is 1. The van der Waals surface area contributed by atoms with Crippen molar-refractivity contribution in [1.82, 2.24) is 4.90 Å². The van der Waals surface area contributed by atoms with Crippen LogP contribution in [0.4, 0.5) is 0 Å². The Kier molecular flexibility index (Phi) is 3.77. The minimum atomic E-state index is -0.0926. The maximum atomic E-state index is 11.8. The molecule has 0 unspecified atom stereocenters. The van der Waals surface area contributed by atoms with Gasteiger partial charge in [0, 0.05) is 12.8 Å². The summed E-state index contributed by atoms with van der Waals surface area (Å²) < 4.78 is 0. The van der Waals surface area contributed by atoms with Gasteiger partial charge in [0.05, 0.1) is 13.2 Å². The number of carbonyl (C=O) groups excluding carboxylic acids is 2. The molecular weight excluding hydrogens is 230 g/mol. The number of amides is 2. The van der Waals surface area contributed by atoms with Crippen molar-refractivity contribution >= 4 is 11.8 Å². The molecule has 1 fully saturated rings. The van der Waals surface area contributed by atoms with Crippen molar-refractivity contribution in [3.8, 4) is 0 Å². The van der Waals surface area contributed by atoms with E-state index in [9.17, 15) is 9.59 Å². The molecule has 4 nitrogen and oxygen atoms in total. The van der Waals surface area contributed by atoms with Gasteiger partial charge in [-0.25, -0.2) is 0 Å². The molecule has 1 N–H and O–H groups in total. The van der Waals surface area contributed by atoms with E-state index in [0.29, 0.717) is 19.4 Å². The van der Waals surface area contributed by atoms with Crippen molar-refractivity contribution in [2.24, 2.45) is 5.92 Å². The Morgan fingerprint density at radius 1 is 1.11 bits per heavy atom. The van der Waals surface area contributed by atoms with Crippen LogP contribution in [0.3, 0.4) is 0 Å². The van der Waals surface area contributed by atoms with E-state index in [2.05, 4.69) is 0 Å². The summed E-state index contributed by atoms with van der Waals surface area (Å²) in [6, 6.07) is 7.28. The van der Waals surface area contributed by atoms with Crippen molar-refractivity contribution in [2.45, 2.75) is 32.9 Å². The highest BCUT2D eigenvalue weighted by Crippen LogP contribution is 2.20. The second-order valence-corrected chi connectivity index (χ2v) is 4.86. The zero-order valence-electron chi connectivity index (χ0n) is 10.4. The van der Waals surface area contributed by atoms with E-state index < -0.39 is 0 Å². The Balaban J connectivity index is 2.07. The molecule has 1 aliphatic rings. The molecule has 1 aromatic carbocycles. The predicted octanol–water partition coefficient (Wildman–Crippen LogP) is 1.46. The van der Waals surface area contributed by atoms with E-state index in [0.717, 1.165) is 11.1 Å². The number of piperidine rings is 1. The summed E-state index contributed by atoms with van der Waals surface area (Å²) in [5.74, 6) is -0.0343. The molecule has 4 heteroatoms. The highest BCUT2D eigenvalue weighted by Gasteiger charge is 2.29. The van der Waals surface area contributed by atoms with Crippen LogP contribution >= 0.6 is 0 Å². The van der Waals surface area contributed by atoms with Crippen LogP contribution < -0.4 is 0 Å². The largest absolute Gasteiger partial charge is 0.392 e. The molecule has 1 aliphatic heterocycles. The lowest BCUT2D eigenvalue weighted by Gasteiger charge is -2.28. The van der Waals surface area contributed by atoms with E-state index >= 15 is 0 Å². The zero-order chi connectivity index (χ0) is 13.1. The molecule has 0 atom stereocenters. The van der Waals surface area contributed by atoms with Gasteiger partial charge in [-0.2, -0.15) is 0 Å². The summed E-state index contributed by atoms with van der Waals surface area (Å²) in [4.78, 5) is 24.9. The van der Waals surface area contributed by atoms with E-state index in [1.54, 1.807) is 12.1 Å². The molecular formula is C14H17NO3. The third-order valence-electron chi connectivity index (χ3n) is 3.19. The maximum absolute atomic E-state index is 11.8. The minimum Gasteiger partial charge on any atom is -0.392 e. The summed E-state index contributed by atoms with van der Waals surface area (Å²) in [5, 5.41) is 8.94. The number of carbonyl (C=O) groups is 2. The van der Waals surface area contributed by atoms with E-state index in [1.165, 1.54) is 4.90 Å². The van der Waals surface area contributed by atoms with Crippen LogP contribution in [0.1, 0.15) is 30.9 Å². The van der Waals surface area contributed by atoms with Gasteiger partial charge in [0.15, 0.2) is 0 Å². The molecule has 1 heterocycles. The second-order valence-electron chi connectivity index (χ2n) is 4.86. The van der Waals surface area contributed by atoms with Crippen molar-refractivity contribution in [2.75, 3.05) is 0 Å². The number of aliphatic hydroxyl groups is 1. The van der Waals surface area contributed by atoms with Gasteiger partial charge in [-0.05, 0) is 17.0 Å². The molecule has 0 bridgehead atoms. The van der Waals surface area contributed by atoms with Crippen LogP contribution in [0.5, 0.6) is 0 Å². The Hall–Kier alpha value is -1.68. The van der Waals surface area contributed by atoms with Gasteiger partial charge in [0.2, 0.25) is 11.8 Å². The summed E-state index contributed by atoms with van der Waals surface area (Å²) in [5.41, 5.74) is 1.73. The Bertz CT molecular complexity index is 435. The van der Waals surface area contributed by atoms with Gasteiger partial charge in [0.1, 0.15) is 0 Å². The highest BCUT2D eigenvalue weighted by molar-refractivity contribution is 5.97. The number of hydrogen-bond acceptors (Lipinski definition) is 3. The summed E-state index contributed by atoms with van der Waals surface area (Å²) in [6.45, 7) is 2.25. The van der Waals surface area contributed by atoms with Gasteiger partial charge >= 0.3 is 0 Å². The molecule has 1 saturated heterocycles. The van der Waals surface area contributed by atoms with Gasteiger partial charge in [-0.15, -0.1) is 0 Å². The minimum absolute atomic E-state index is 0.000625. The van der Waals surface area contributed by atoms with Crippen LogP contribution in [-0.4, -0.2) is 21.8 Å². The molecule has 0 aromatic heterocycles. The summed E-state index contributed by atoms with van der Waals surface area (Å²) in [6.07, 6.45) is 0.890. The van der Waals surface area contributed by atoms with Crippen LogP contribution in [0.2, 0.25) is 0 Å². The van der Waals surface area contributed by atoms with Crippen molar-refractivity contribution < 1.29 is 14.7 Å². The quantitative estimate of drug-likeness (QED) is 0.823. The summed E-state index contributed by atoms with van der Waals surface area (Å²) in [7, 11) is 0. The number of nitrogens with zero attached hydrogens (tertiary/aromatic N) is 1. The van der Waals surface area contributed by atoms with E-state index in [-0.39, 0.29) is 24.3 Å². The zero-order valence-corrected chi connectivity index (χ0v) is 10.4. The molecule has 0 spiro atoms. The van der Waals surface area contributed by atoms with Crippen LogP contribution in [0.25, 0.3) is 0 Å². The SMILES string of the molecule is CC1CC(=O)N(Cc2ccc(CO)cc2)C(=O)C1. The van der Waals surface area contributed by atoms with Gasteiger partial charge in [0.25, 0.3) is 0 Å². The first-order valence-electron chi connectivity index (χ1n) is 6.12. The lowest BCUT2D eigenvalue weighted by atomic mass is 9.97. The average molecular weight is 247 g/mol. The van der Waals surface area contributed by atoms with Crippen LogP contribution in [0.15, 0.2) is 24.3 Å². The Morgan fingerprint density at radius 3 is 2.11 bits per heavy atom. The first kappa shape index (κ1) is 12.8. The number of likely N-dealkylation sites (tertiary alicyclic amines) is 1. The van der Waals surface area contributed by atoms with Crippen molar-refractivity contribution in [1.29, 1.82) is 0 Å². The third kappa shape index (κ3) is 2.76. The first-order chi connectivity index (χ1) is 8.60. The first-order valence-corrected chi connectivity index (χ1v) is 6.12. The monoisotopic (exact) mass is 247 g/mol. The maximum Gasteiger partial charge on any atom is 0.229 e. The van der Waals surface area contributed by atoms with Crippen molar-refractivity contribution in [3.63, 3.8) is 0 Å². The Morgan fingerprint density at radius 2 is 1.61 bits per heavy atom. The lowest BCUT2D eigenvalue weighted by molar-refractivity contribution is -0.150. The fourth-order valence-electron chi connectivity index (χ4n) is 2.14. The van der Waals surface area contributed by atoms with Crippen LogP contribution in [-0.2, 0) is 22.7 Å². The lowest BCUT2D eigenvalue weighted by Crippen LogP contribution is -2.42. The predicted molar refractivity (Wildman–Crippen MR) is 66.3 cm³/mol. The molecule has 0 radical (unpaired) electrons. The summed E-state index contributed by atoms with van der Waals surface area (Å²) >= 11 is 0. The number of aliphatic hydroxyl groups excluding tert-OH is 1. The standard InChI is InChI=1S/C14H17NO3/c1-10-6-13(17)15(14(18)7-10)8-11-2-4-12(9-16)5-3-11/h2-5,10,16H,6-9H2,1H3. The molecule has 18 heavy (non-hydrogen) atoms. The van der Waals surface area contributed by atoms with Gasteiger partial charge in [-0.3, -0.25) is 14.5 Å². The number of rotatable bonds is 3. The number of hydrogen-bond donors (Lipinski definition) is 1. The fourth-order valence-corrected chi connectivity index (χ4v) is 2.14. The molecule has 96 valence electrons. The van der Waals surface area contributed by atoms with E-state index in [1.807, 2.05) is 19.1 Å². The third-order valence-corrected chi connectivity index (χ3v) is 3.19. The molecule has 1 aromatic rings. The van der Waals surface area contributed by atoms with E-state index in [4.69, 9.17) is 5.11 Å². The molecule has 0 aliphatic carbocycles. The Labute approximate surface area is 106 Å². The highest BCUT2D eigenvalue weighted by atomic mass is 16.3. The smallest absolute Gasteiger partial charge is 0.229 e. The topological polar surface area (TPSA) is 57.6 Å². The molecule has 2 rings (SSSR count). The number of imide groups is 1. The van der Waals surface area contributed by atoms with Crippen LogP contribution in [0, 0.1) is 5.92 Å². The molecule has 0 saturated carbocycles. The van der Waals surface area contributed by atoms with Gasteiger partial charge in [-0.1, -0.05) is 31.2 Å². The van der Waals surface area contributed by atoms with Crippen molar-refractivity contribution in [3.05, 3.63) is 35.4 Å². The normalized spacial score (nSPS) is 17.3. The average Bonchev–Trinajstić information content (AvgIpc) is 2.34. The molecule has 2 amide bonds.